The fourth-order valence-corrected chi connectivity index (χ4v) is 9.08. The van der Waals surface area contributed by atoms with Gasteiger partial charge in [-0.3, -0.25) is 14.4 Å². The lowest BCUT2D eigenvalue weighted by Gasteiger charge is -2.35. The zero-order chi connectivity index (χ0) is 27.1. The van der Waals surface area contributed by atoms with E-state index in [2.05, 4.69) is 17.6 Å². The highest BCUT2D eigenvalue weighted by molar-refractivity contribution is 8.02. The average Bonchev–Trinajstić information content (AvgIpc) is 3.46. The van der Waals surface area contributed by atoms with Gasteiger partial charge in [0.25, 0.3) is 0 Å². The summed E-state index contributed by atoms with van der Waals surface area (Å²) in [5.41, 5.74) is 3.76. The molecule has 3 fully saturated rings. The molecule has 3 amide bonds. The molecule has 7 nitrogen and oxygen atoms in total. The molecule has 3 saturated heterocycles. The van der Waals surface area contributed by atoms with Crippen molar-refractivity contribution in [2.75, 3.05) is 18.5 Å². The summed E-state index contributed by atoms with van der Waals surface area (Å²) in [6, 6.07) is 15.0. The minimum atomic E-state index is -0.669. The Morgan fingerprint density at radius 1 is 1.08 bits per heavy atom. The van der Waals surface area contributed by atoms with Gasteiger partial charge in [0.05, 0.1) is 16.6 Å². The zero-order valence-electron chi connectivity index (χ0n) is 22.3. The topological polar surface area (TPSA) is 98.7 Å². The smallest absolute Gasteiger partial charge is 0.248 e. The van der Waals surface area contributed by atoms with Crippen LogP contribution in [0, 0.1) is 25.7 Å². The average molecular weight is 536 g/mol. The van der Waals surface area contributed by atoms with Crippen molar-refractivity contribution >= 4 is 35.2 Å². The van der Waals surface area contributed by atoms with Gasteiger partial charge in [-0.2, -0.15) is 0 Å². The second kappa shape index (κ2) is 10.4. The maximum absolute atomic E-state index is 14.1. The van der Waals surface area contributed by atoms with Crippen LogP contribution in [-0.4, -0.2) is 56.4 Å². The molecule has 2 bridgehead atoms. The second-order valence-corrected chi connectivity index (χ2v) is 13.1. The summed E-state index contributed by atoms with van der Waals surface area (Å²) >= 11 is 1.68. The standard InChI is InChI=1S/C30H37N3O4S/c1-19-11-12-20(2)22(17-19)32-27(36)25-30-14-13-29(3,38-30)23(24(30)28(37)33(25)15-7-8-16-34)26(35)31-18-21-9-5-4-6-10-21/h4-6,9-12,17,23-25,34H,7-8,13-16,18H2,1-3H3,(H,31,35)(H,32,36)/t23-,24+,25?,29+,30?/m1/s1. The van der Waals surface area contributed by atoms with Crippen molar-refractivity contribution in [1.82, 2.24) is 10.2 Å². The predicted molar refractivity (Wildman–Crippen MR) is 150 cm³/mol. The number of rotatable bonds is 9. The number of aliphatic hydroxyl groups is 1. The molecule has 3 N–H and O–H groups in total. The predicted octanol–water partition coefficient (Wildman–Crippen LogP) is 3.81. The number of benzene rings is 2. The number of likely N-dealkylation sites (tertiary alicyclic amines) is 1. The first-order valence-corrected chi connectivity index (χ1v) is 14.3. The van der Waals surface area contributed by atoms with Crippen LogP contribution in [0.25, 0.3) is 0 Å². The Balaban J connectivity index is 1.45. The quantitative estimate of drug-likeness (QED) is 0.424. The third kappa shape index (κ3) is 4.51. The molecular formula is C30H37N3O4S. The van der Waals surface area contributed by atoms with E-state index in [0.717, 1.165) is 28.8 Å². The molecule has 0 saturated carbocycles. The van der Waals surface area contributed by atoms with E-state index in [4.69, 9.17) is 0 Å². The molecule has 2 unspecified atom stereocenters. The summed E-state index contributed by atoms with van der Waals surface area (Å²) in [5.74, 6) is -1.48. The molecule has 0 aromatic heterocycles. The van der Waals surface area contributed by atoms with Crippen LogP contribution in [0.2, 0.25) is 0 Å². The number of nitrogens with one attached hydrogen (secondary N) is 2. The third-order valence-corrected chi connectivity index (χ3v) is 10.6. The lowest BCUT2D eigenvalue weighted by Crippen LogP contribution is -2.52. The van der Waals surface area contributed by atoms with Crippen LogP contribution in [-0.2, 0) is 20.9 Å². The van der Waals surface area contributed by atoms with Gasteiger partial charge in [0.1, 0.15) is 6.04 Å². The number of hydrogen-bond acceptors (Lipinski definition) is 5. The highest BCUT2D eigenvalue weighted by Gasteiger charge is 2.77. The van der Waals surface area contributed by atoms with Gasteiger partial charge in [-0.1, -0.05) is 42.5 Å². The summed E-state index contributed by atoms with van der Waals surface area (Å²) in [7, 11) is 0. The van der Waals surface area contributed by atoms with E-state index in [1.54, 1.807) is 16.7 Å². The van der Waals surface area contributed by atoms with Gasteiger partial charge in [0.2, 0.25) is 17.7 Å². The molecule has 5 atom stereocenters. The van der Waals surface area contributed by atoms with E-state index in [0.29, 0.717) is 32.4 Å². The van der Waals surface area contributed by atoms with Crippen LogP contribution >= 0.6 is 11.8 Å². The Labute approximate surface area is 228 Å². The number of nitrogens with zero attached hydrogens (tertiary/aromatic N) is 1. The fraction of sp³-hybridized carbons (Fsp3) is 0.500. The summed E-state index contributed by atoms with van der Waals surface area (Å²) in [6.07, 6.45) is 2.65. The molecular weight excluding hydrogens is 498 g/mol. The lowest BCUT2D eigenvalue weighted by atomic mass is 9.66. The summed E-state index contributed by atoms with van der Waals surface area (Å²) < 4.78 is -1.06. The van der Waals surface area contributed by atoms with E-state index < -0.39 is 27.4 Å². The molecule has 2 aromatic rings. The van der Waals surface area contributed by atoms with Crippen LogP contribution in [0.1, 0.15) is 49.3 Å². The molecule has 2 aromatic carbocycles. The first-order chi connectivity index (χ1) is 18.2. The highest BCUT2D eigenvalue weighted by Crippen LogP contribution is 2.71. The molecule has 3 heterocycles. The van der Waals surface area contributed by atoms with Gasteiger partial charge in [-0.05, 0) is 69.2 Å². The number of anilines is 1. The van der Waals surface area contributed by atoms with Crippen LogP contribution in [0.3, 0.4) is 0 Å². The SMILES string of the molecule is Cc1ccc(C)c(NC(=O)C2N(CCCCO)C(=O)[C@@H]3[C@H](C(=O)NCc4ccccc4)[C@]4(C)CCC23S4)c1. The van der Waals surface area contributed by atoms with E-state index in [9.17, 15) is 19.5 Å². The van der Waals surface area contributed by atoms with Gasteiger partial charge < -0.3 is 20.6 Å². The number of aryl methyl sites for hydroxylation is 2. The Hall–Kier alpha value is -2.84. The van der Waals surface area contributed by atoms with Gasteiger partial charge >= 0.3 is 0 Å². The Bertz CT molecular complexity index is 1240. The highest BCUT2D eigenvalue weighted by atomic mass is 32.2. The summed E-state index contributed by atoms with van der Waals surface area (Å²) in [6.45, 7) is 6.85. The van der Waals surface area contributed by atoms with Crippen LogP contribution < -0.4 is 10.6 Å². The van der Waals surface area contributed by atoms with E-state index >= 15 is 0 Å². The van der Waals surface area contributed by atoms with Crippen molar-refractivity contribution in [3.05, 3.63) is 65.2 Å². The van der Waals surface area contributed by atoms with Gasteiger partial charge in [-0.25, -0.2) is 0 Å². The molecule has 0 radical (unpaired) electrons. The van der Waals surface area contributed by atoms with Crippen molar-refractivity contribution in [2.45, 2.75) is 68.5 Å². The van der Waals surface area contributed by atoms with Crippen molar-refractivity contribution in [1.29, 1.82) is 0 Å². The number of carbonyl (C=O) groups is 3. The van der Waals surface area contributed by atoms with Crippen LogP contribution in [0.15, 0.2) is 48.5 Å². The number of thioether (sulfide) groups is 1. The van der Waals surface area contributed by atoms with Crippen molar-refractivity contribution in [3.63, 3.8) is 0 Å². The Kier molecular flexibility index (Phi) is 7.31. The molecule has 202 valence electrons. The molecule has 0 aliphatic carbocycles. The molecule has 3 aliphatic rings. The molecule has 38 heavy (non-hydrogen) atoms. The monoisotopic (exact) mass is 535 g/mol. The van der Waals surface area contributed by atoms with Crippen molar-refractivity contribution in [2.24, 2.45) is 11.8 Å². The Morgan fingerprint density at radius 3 is 2.58 bits per heavy atom. The van der Waals surface area contributed by atoms with Gasteiger partial charge in [-0.15, -0.1) is 11.8 Å². The summed E-state index contributed by atoms with van der Waals surface area (Å²) in [5, 5.41) is 15.6. The van der Waals surface area contributed by atoms with Gasteiger partial charge in [0.15, 0.2) is 0 Å². The zero-order valence-corrected chi connectivity index (χ0v) is 23.1. The normalized spacial score (nSPS) is 29.4. The van der Waals surface area contributed by atoms with Crippen molar-refractivity contribution < 1.29 is 19.5 Å². The molecule has 5 rings (SSSR count). The molecule has 1 spiro atoms. The van der Waals surface area contributed by atoms with E-state index in [-0.39, 0.29) is 24.3 Å². The van der Waals surface area contributed by atoms with Crippen LogP contribution in [0.4, 0.5) is 5.69 Å². The molecule has 3 aliphatic heterocycles. The number of carbonyl (C=O) groups excluding carboxylic acids is 3. The summed E-state index contributed by atoms with van der Waals surface area (Å²) in [4.78, 5) is 43.5. The minimum Gasteiger partial charge on any atom is -0.396 e. The number of unbranched alkanes of at least 4 members (excludes halogenated alkanes) is 1. The number of hydrogen-bond donors (Lipinski definition) is 3. The van der Waals surface area contributed by atoms with Gasteiger partial charge in [0, 0.05) is 30.1 Å². The van der Waals surface area contributed by atoms with E-state index in [1.165, 1.54) is 0 Å². The first-order valence-electron chi connectivity index (χ1n) is 13.5. The van der Waals surface area contributed by atoms with Crippen LogP contribution in [0.5, 0.6) is 0 Å². The fourth-order valence-electron chi connectivity index (χ4n) is 6.73. The number of aliphatic hydroxyl groups excluding tert-OH is 1. The number of amides is 3. The third-order valence-electron chi connectivity index (χ3n) is 8.58. The Morgan fingerprint density at radius 2 is 1.84 bits per heavy atom. The second-order valence-electron chi connectivity index (χ2n) is 11.2. The van der Waals surface area contributed by atoms with Crippen molar-refractivity contribution in [3.8, 4) is 0 Å². The largest absolute Gasteiger partial charge is 0.396 e. The maximum Gasteiger partial charge on any atom is 0.248 e. The lowest BCUT2D eigenvalue weighted by molar-refractivity contribution is -0.140. The molecule has 8 heteroatoms. The minimum absolute atomic E-state index is 0.0350. The first kappa shape index (κ1) is 26.8. The van der Waals surface area contributed by atoms with E-state index in [1.807, 2.05) is 62.4 Å². The maximum atomic E-state index is 14.1. The number of fused-ring (bicyclic) bond motifs is 1.